The van der Waals surface area contributed by atoms with Crippen molar-refractivity contribution in [1.82, 2.24) is 25.6 Å². The van der Waals surface area contributed by atoms with E-state index in [1.807, 2.05) is 0 Å². The third kappa shape index (κ3) is 9.47. The highest BCUT2D eigenvalue weighted by Crippen LogP contribution is 2.17. The van der Waals surface area contributed by atoms with E-state index in [0.29, 0.717) is 23.9 Å². The molecule has 2 atom stereocenters. The van der Waals surface area contributed by atoms with Crippen molar-refractivity contribution in [2.75, 3.05) is 19.6 Å². The number of unbranched alkanes of at least 4 members (excludes halogenated alkanes) is 7. The summed E-state index contributed by atoms with van der Waals surface area (Å²) in [5, 5.41) is 24.0. The maximum atomic E-state index is 12.4. The first-order chi connectivity index (χ1) is 15.0. The van der Waals surface area contributed by atoms with E-state index in [2.05, 4.69) is 20.9 Å². The van der Waals surface area contributed by atoms with E-state index < -0.39 is 12.1 Å². The van der Waals surface area contributed by atoms with Crippen molar-refractivity contribution in [3.63, 3.8) is 0 Å². The molecule has 0 bridgehead atoms. The van der Waals surface area contributed by atoms with Gasteiger partial charge in [0.2, 0.25) is 5.91 Å². The molecule has 1 fully saturated rings. The van der Waals surface area contributed by atoms with Crippen LogP contribution in [0.4, 0.5) is 0 Å². The molecule has 3 N–H and O–H groups in total. The fourth-order valence-electron chi connectivity index (χ4n) is 4.21. The van der Waals surface area contributed by atoms with Gasteiger partial charge in [-0.15, -0.1) is 5.10 Å². The van der Waals surface area contributed by atoms with Gasteiger partial charge in [0.15, 0.2) is 6.04 Å². The van der Waals surface area contributed by atoms with Crippen molar-refractivity contribution in [2.45, 2.75) is 96.6 Å². The van der Waals surface area contributed by atoms with E-state index in [0.717, 1.165) is 64.5 Å². The number of amides is 1. The van der Waals surface area contributed by atoms with Gasteiger partial charge >= 0.3 is 0 Å². The molecule has 31 heavy (non-hydrogen) atoms. The average molecular weight is 436 g/mol. The predicted molar refractivity (Wildman–Crippen MR) is 121 cm³/mol. The summed E-state index contributed by atoms with van der Waals surface area (Å²) in [5.74, 6) is 0.553. The third-order valence-corrected chi connectivity index (χ3v) is 6.08. The van der Waals surface area contributed by atoms with E-state index in [4.69, 9.17) is 0 Å². The zero-order chi connectivity index (χ0) is 22.5. The van der Waals surface area contributed by atoms with Gasteiger partial charge in [-0.25, -0.2) is 4.68 Å². The number of nitrogens with one attached hydrogen (secondary N) is 2. The molecule has 1 saturated heterocycles. The maximum Gasteiger partial charge on any atom is 0.247 e. The van der Waals surface area contributed by atoms with Crippen LogP contribution in [0.15, 0.2) is 6.20 Å². The van der Waals surface area contributed by atoms with Crippen LogP contribution in [0.25, 0.3) is 0 Å². The molecule has 0 saturated carbocycles. The van der Waals surface area contributed by atoms with E-state index in [-0.39, 0.29) is 5.91 Å². The molecule has 0 radical (unpaired) electrons. The largest absolute Gasteiger partial charge is 0.391 e. The number of ketones is 1. The number of hydrogen-bond acceptors (Lipinski definition) is 6. The van der Waals surface area contributed by atoms with Crippen molar-refractivity contribution in [1.29, 1.82) is 0 Å². The number of nitrogens with zero attached hydrogens (tertiary/aromatic N) is 3. The van der Waals surface area contributed by atoms with Gasteiger partial charge in [0.25, 0.3) is 0 Å². The standard InChI is InChI=1S/C23H41N5O3/c1-18-17-28(27-26-18)22(19(2)29)23(31)25-14-10-8-6-4-3-5-7-9-11-21(30)20-12-15-24-16-13-20/h17,19-20,22,24,29H,3-16H2,1-2H3,(H,25,31)/t19-,22+/m1/s1. The first-order valence-corrected chi connectivity index (χ1v) is 12.1. The molecular formula is C23H41N5O3. The Morgan fingerprint density at radius 1 is 1.13 bits per heavy atom. The fraction of sp³-hybridized carbons (Fsp3) is 0.826. The van der Waals surface area contributed by atoms with Crippen molar-refractivity contribution in [3.8, 4) is 0 Å². The Morgan fingerprint density at radius 3 is 2.32 bits per heavy atom. The number of aliphatic hydroxyl groups excluding tert-OH is 1. The second kappa shape index (κ2) is 14.3. The van der Waals surface area contributed by atoms with Crippen LogP contribution in [0, 0.1) is 12.8 Å². The van der Waals surface area contributed by atoms with Gasteiger partial charge in [-0.05, 0) is 52.6 Å². The quantitative estimate of drug-likeness (QED) is 0.366. The van der Waals surface area contributed by atoms with Crippen LogP contribution in [0.1, 0.15) is 89.3 Å². The summed E-state index contributed by atoms with van der Waals surface area (Å²) in [6.07, 6.45) is 12.6. The summed E-state index contributed by atoms with van der Waals surface area (Å²) >= 11 is 0. The van der Waals surface area contributed by atoms with Crippen molar-refractivity contribution in [3.05, 3.63) is 11.9 Å². The lowest BCUT2D eigenvalue weighted by atomic mass is 9.90. The zero-order valence-corrected chi connectivity index (χ0v) is 19.3. The number of piperidine rings is 1. The summed E-state index contributed by atoms with van der Waals surface area (Å²) in [6.45, 7) is 5.97. The Labute approximate surface area is 186 Å². The lowest BCUT2D eigenvalue weighted by molar-refractivity contribution is -0.127. The van der Waals surface area contributed by atoms with E-state index in [1.165, 1.54) is 23.9 Å². The monoisotopic (exact) mass is 435 g/mol. The van der Waals surface area contributed by atoms with Crippen LogP contribution in [0.2, 0.25) is 0 Å². The highest BCUT2D eigenvalue weighted by Gasteiger charge is 2.26. The summed E-state index contributed by atoms with van der Waals surface area (Å²) in [4.78, 5) is 24.6. The molecule has 1 amide bonds. The molecule has 0 spiro atoms. The molecule has 1 aliphatic heterocycles. The Hall–Kier alpha value is -1.80. The number of aromatic nitrogens is 3. The van der Waals surface area contributed by atoms with Gasteiger partial charge in [-0.2, -0.15) is 0 Å². The van der Waals surface area contributed by atoms with Crippen LogP contribution in [0.3, 0.4) is 0 Å². The number of hydrogen-bond donors (Lipinski definition) is 3. The minimum absolute atomic E-state index is 0.223. The van der Waals surface area contributed by atoms with Crippen molar-refractivity contribution < 1.29 is 14.7 Å². The van der Waals surface area contributed by atoms with Gasteiger partial charge in [0, 0.05) is 25.1 Å². The number of carbonyl (C=O) groups is 2. The molecule has 176 valence electrons. The number of aliphatic hydroxyl groups is 1. The molecule has 8 heteroatoms. The third-order valence-electron chi connectivity index (χ3n) is 6.08. The second-order valence-corrected chi connectivity index (χ2v) is 8.89. The number of carbonyl (C=O) groups excluding carboxylic acids is 2. The minimum atomic E-state index is -0.837. The van der Waals surface area contributed by atoms with Gasteiger partial charge in [-0.3, -0.25) is 9.59 Å². The molecule has 1 aliphatic rings. The van der Waals surface area contributed by atoms with Crippen molar-refractivity contribution in [2.24, 2.45) is 5.92 Å². The summed E-state index contributed by atoms with van der Waals surface area (Å²) in [6, 6.07) is -0.747. The molecule has 0 aromatic carbocycles. The van der Waals surface area contributed by atoms with Gasteiger partial charge in [0.1, 0.15) is 5.78 Å². The Kier molecular flexibility index (Phi) is 11.7. The summed E-state index contributed by atoms with van der Waals surface area (Å²) < 4.78 is 1.43. The van der Waals surface area contributed by atoms with Gasteiger partial charge in [0.05, 0.1) is 11.8 Å². The lowest BCUT2D eigenvalue weighted by Crippen LogP contribution is -2.39. The van der Waals surface area contributed by atoms with Crippen LogP contribution < -0.4 is 10.6 Å². The summed E-state index contributed by atoms with van der Waals surface area (Å²) in [5.41, 5.74) is 0.715. The molecule has 0 aliphatic carbocycles. The Balaban J connectivity index is 1.44. The average Bonchev–Trinajstić information content (AvgIpc) is 3.17. The first kappa shape index (κ1) is 25.5. The minimum Gasteiger partial charge on any atom is -0.391 e. The van der Waals surface area contributed by atoms with Crippen LogP contribution >= 0.6 is 0 Å². The second-order valence-electron chi connectivity index (χ2n) is 8.89. The molecule has 2 heterocycles. The molecule has 1 aromatic rings. The molecule has 1 aromatic heterocycles. The smallest absolute Gasteiger partial charge is 0.247 e. The number of Topliss-reactive ketones (excluding diaryl/α,β-unsaturated/α-hetero) is 1. The van der Waals surface area contributed by atoms with Gasteiger partial charge in [-0.1, -0.05) is 43.7 Å². The normalized spacial score (nSPS) is 16.7. The topological polar surface area (TPSA) is 109 Å². The molecule has 2 rings (SSSR count). The SMILES string of the molecule is Cc1cn([C@H](C(=O)NCCCCCCCCCCC(=O)C2CCNCC2)[C@@H](C)O)nn1. The van der Waals surface area contributed by atoms with Crippen LogP contribution in [0.5, 0.6) is 0 Å². The Bertz CT molecular complexity index is 655. The number of rotatable bonds is 15. The van der Waals surface area contributed by atoms with Crippen LogP contribution in [-0.2, 0) is 9.59 Å². The first-order valence-electron chi connectivity index (χ1n) is 12.1. The predicted octanol–water partition coefficient (Wildman–Crippen LogP) is 2.70. The molecule has 0 unspecified atom stereocenters. The maximum absolute atomic E-state index is 12.4. The van der Waals surface area contributed by atoms with E-state index in [9.17, 15) is 14.7 Å². The van der Waals surface area contributed by atoms with E-state index in [1.54, 1.807) is 20.0 Å². The lowest BCUT2D eigenvalue weighted by Gasteiger charge is -2.21. The molecule has 8 nitrogen and oxygen atoms in total. The highest BCUT2D eigenvalue weighted by atomic mass is 16.3. The zero-order valence-electron chi connectivity index (χ0n) is 19.3. The van der Waals surface area contributed by atoms with Crippen LogP contribution in [-0.4, -0.2) is 57.5 Å². The summed E-state index contributed by atoms with van der Waals surface area (Å²) in [7, 11) is 0. The van der Waals surface area contributed by atoms with E-state index >= 15 is 0 Å². The highest BCUT2D eigenvalue weighted by molar-refractivity contribution is 5.81. The number of aryl methyl sites for hydroxylation is 1. The Morgan fingerprint density at radius 2 is 1.74 bits per heavy atom. The molecular weight excluding hydrogens is 394 g/mol. The van der Waals surface area contributed by atoms with Gasteiger partial charge < -0.3 is 15.7 Å². The fourth-order valence-corrected chi connectivity index (χ4v) is 4.21. The van der Waals surface area contributed by atoms with Crippen molar-refractivity contribution >= 4 is 11.7 Å².